The first kappa shape index (κ1) is 18.9. The second kappa shape index (κ2) is 11.5. The van der Waals surface area contributed by atoms with Crippen LogP contribution < -0.4 is 0 Å². The Bertz CT molecular complexity index is 475. The monoisotopic (exact) mass is 318 g/mol. The Hall–Kier alpha value is -2.10. The van der Waals surface area contributed by atoms with Crippen molar-refractivity contribution in [3.05, 3.63) is 48.0 Å². The zero-order chi connectivity index (χ0) is 16.9. The van der Waals surface area contributed by atoms with E-state index in [1.807, 2.05) is 30.4 Å². The van der Waals surface area contributed by atoms with Gasteiger partial charge in [0.15, 0.2) is 5.92 Å². The Morgan fingerprint density at radius 1 is 1.00 bits per heavy atom. The molecule has 0 fully saturated rings. The van der Waals surface area contributed by atoms with Crippen molar-refractivity contribution in [1.29, 1.82) is 0 Å². The molecule has 0 aliphatic heterocycles. The maximum atomic E-state index is 11.8. The SMILES string of the molecule is CCOC(=O)C(C/C=C/CCCc1ccccc1)C(=O)OCC. The van der Waals surface area contributed by atoms with Gasteiger partial charge in [0.05, 0.1) is 13.2 Å². The number of aryl methyl sites for hydroxylation is 1. The van der Waals surface area contributed by atoms with Crippen LogP contribution in [-0.4, -0.2) is 25.2 Å². The van der Waals surface area contributed by atoms with Gasteiger partial charge in [0.1, 0.15) is 0 Å². The van der Waals surface area contributed by atoms with Crippen molar-refractivity contribution in [3.63, 3.8) is 0 Å². The lowest BCUT2D eigenvalue weighted by molar-refractivity contribution is -0.161. The van der Waals surface area contributed by atoms with Crippen molar-refractivity contribution in [2.24, 2.45) is 5.92 Å². The molecule has 0 atom stereocenters. The molecule has 0 amide bonds. The first-order valence-corrected chi connectivity index (χ1v) is 8.21. The second-order valence-electron chi connectivity index (χ2n) is 5.14. The number of esters is 2. The molecule has 0 aliphatic rings. The molecule has 0 aromatic heterocycles. The molecule has 0 aliphatic carbocycles. The minimum Gasteiger partial charge on any atom is -0.465 e. The third-order valence-corrected chi connectivity index (χ3v) is 3.36. The van der Waals surface area contributed by atoms with Crippen LogP contribution in [0.3, 0.4) is 0 Å². The van der Waals surface area contributed by atoms with Gasteiger partial charge in [-0.3, -0.25) is 9.59 Å². The molecular formula is C19H26O4. The van der Waals surface area contributed by atoms with Gasteiger partial charge in [0.2, 0.25) is 0 Å². The summed E-state index contributed by atoms with van der Waals surface area (Å²) in [6.45, 7) is 3.96. The number of allylic oxidation sites excluding steroid dienone is 2. The summed E-state index contributed by atoms with van der Waals surface area (Å²) in [5.74, 6) is -1.89. The van der Waals surface area contributed by atoms with Crippen LogP contribution in [0, 0.1) is 5.92 Å². The molecule has 0 N–H and O–H groups in total. The van der Waals surface area contributed by atoms with Gasteiger partial charge in [0.25, 0.3) is 0 Å². The van der Waals surface area contributed by atoms with Crippen molar-refractivity contribution in [3.8, 4) is 0 Å². The van der Waals surface area contributed by atoms with Crippen molar-refractivity contribution in [2.75, 3.05) is 13.2 Å². The van der Waals surface area contributed by atoms with E-state index >= 15 is 0 Å². The standard InChI is InChI=1S/C19H26O4/c1-3-22-18(20)17(19(21)23-4-2)15-11-6-5-8-12-16-13-9-7-10-14-16/h6-7,9-11,13-14,17H,3-5,8,12,15H2,1-2H3/b11-6+. The summed E-state index contributed by atoms with van der Waals surface area (Å²) in [6, 6.07) is 10.3. The van der Waals surface area contributed by atoms with Gasteiger partial charge in [-0.15, -0.1) is 0 Å². The number of hydrogen-bond acceptors (Lipinski definition) is 4. The van der Waals surface area contributed by atoms with Gasteiger partial charge < -0.3 is 9.47 Å². The number of carbonyl (C=O) groups is 2. The molecule has 1 rings (SSSR count). The van der Waals surface area contributed by atoms with Gasteiger partial charge in [0, 0.05) is 0 Å². The molecule has 126 valence electrons. The summed E-state index contributed by atoms with van der Waals surface area (Å²) in [7, 11) is 0. The Kier molecular flexibility index (Phi) is 9.45. The van der Waals surface area contributed by atoms with E-state index in [0.29, 0.717) is 6.42 Å². The molecule has 0 unspecified atom stereocenters. The van der Waals surface area contributed by atoms with Gasteiger partial charge >= 0.3 is 11.9 Å². The Balaban J connectivity index is 2.37. The lowest BCUT2D eigenvalue weighted by Gasteiger charge is -2.12. The number of unbranched alkanes of at least 4 members (excludes halogenated alkanes) is 1. The third kappa shape index (κ3) is 7.63. The fraction of sp³-hybridized carbons (Fsp3) is 0.474. The highest BCUT2D eigenvalue weighted by atomic mass is 16.6. The van der Waals surface area contributed by atoms with Crippen LogP contribution in [0.4, 0.5) is 0 Å². The van der Waals surface area contributed by atoms with Crippen LogP contribution in [0.25, 0.3) is 0 Å². The summed E-state index contributed by atoms with van der Waals surface area (Å²) in [5, 5.41) is 0. The van der Waals surface area contributed by atoms with Crippen LogP contribution in [0.15, 0.2) is 42.5 Å². The Morgan fingerprint density at radius 2 is 1.61 bits per heavy atom. The van der Waals surface area contributed by atoms with E-state index in [4.69, 9.17) is 9.47 Å². The van der Waals surface area contributed by atoms with Crippen molar-refractivity contribution in [2.45, 2.75) is 39.5 Å². The number of carbonyl (C=O) groups excluding carboxylic acids is 2. The van der Waals surface area contributed by atoms with Crippen molar-refractivity contribution < 1.29 is 19.1 Å². The van der Waals surface area contributed by atoms with E-state index < -0.39 is 17.9 Å². The lowest BCUT2D eigenvalue weighted by atomic mass is 10.0. The smallest absolute Gasteiger partial charge is 0.320 e. The molecular weight excluding hydrogens is 292 g/mol. The minimum absolute atomic E-state index is 0.259. The summed E-state index contributed by atoms with van der Waals surface area (Å²) < 4.78 is 9.87. The summed E-state index contributed by atoms with van der Waals surface area (Å²) >= 11 is 0. The highest BCUT2D eigenvalue weighted by molar-refractivity contribution is 5.95. The first-order valence-electron chi connectivity index (χ1n) is 8.21. The first-order chi connectivity index (χ1) is 11.2. The number of ether oxygens (including phenoxy) is 2. The normalized spacial score (nSPS) is 10.9. The lowest BCUT2D eigenvalue weighted by Crippen LogP contribution is -2.27. The van der Waals surface area contributed by atoms with E-state index in [9.17, 15) is 9.59 Å². The Labute approximate surface area is 138 Å². The fourth-order valence-electron chi connectivity index (χ4n) is 2.19. The van der Waals surface area contributed by atoms with E-state index in [2.05, 4.69) is 12.1 Å². The fourth-order valence-corrected chi connectivity index (χ4v) is 2.19. The Morgan fingerprint density at radius 3 is 2.17 bits per heavy atom. The maximum absolute atomic E-state index is 11.8. The van der Waals surface area contributed by atoms with Crippen LogP contribution in [-0.2, 0) is 25.5 Å². The summed E-state index contributed by atoms with van der Waals surface area (Å²) in [6.07, 6.45) is 7.16. The molecule has 0 saturated heterocycles. The molecule has 0 radical (unpaired) electrons. The molecule has 0 saturated carbocycles. The molecule has 4 nitrogen and oxygen atoms in total. The van der Waals surface area contributed by atoms with Gasteiger partial charge in [-0.05, 0) is 45.1 Å². The highest BCUT2D eigenvalue weighted by Crippen LogP contribution is 2.11. The molecule has 23 heavy (non-hydrogen) atoms. The molecule has 0 heterocycles. The van der Waals surface area contributed by atoms with E-state index in [-0.39, 0.29) is 13.2 Å². The van der Waals surface area contributed by atoms with E-state index in [1.165, 1.54) is 5.56 Å². The van der Waals surface area contributed by atoms with Crippen LogP contribution in [0.5, 0.6) is 0 Å². The van der Waals surface area contributed by atoms with Crippen LogP contribution in [0.2, 0.25) is 0 Å². The minimum atomic E-state index is -0.861. The summed E-state index contributed by atoms with van der Waals surface area (Å²) in [4.78, 5) is 23.6. The second-order valence-corrected chi connectivity index (χ2v) is 5.14. The zero-order valence-electron chi connectivity index (χ0n) is 14.0. The number of rotatable bonds is 10. The van der Waals surface area contributed by atoms with E-state index in [0.717, 1.165) is 19.3 Å². The maximum Gasteiger partial charge on any atom is 0.320 e. The van der Waals surface area contributed by atoms with Gasteiger partial charge in [-0.1, -0.05) is 42.5 Å². The molecule has 1 aromatic carbocycles. The predicted molar refractivity (Wildman–Crippen MR) is 89.9 cm³/mol. The average Bonchev–Trinajstić information content (AvgIpc) is 2.55. The molecule has 4 heteroatoms. The van der Waals surface area contributed by atoms with Crippen LogP contribution >= 0.6 is 0 Å². The highest BCUT2D eigenvalue weighted by Gasteiger charge is 2.27. The van der Waals surface area contributed by atoms with Crippen molar-refractivity contribution in [1.82, 2.24) is 0 Å². The quantitative estimate of drug-likeness (QED) is 0.286. The molecule has 0 bridgehead atoms. The van der Waals surface area contributed by atoms with Gasteiger partial charge in [-0.25, -0.2) is 0 Å². The summed E-state index contributed by atoms with van der Waals surface area (Å²) in [5.41, 5.74) is 1.32. The molecule has 1 aromatic rings. The topological polar surface area (TPSA) is 52.6 Å². The predicted octanol–water partition coefficient (Wildman–Crippen LogP) is 3.70. The zero-order valence-corrected chi connectivity index (χ0v) is 14.0. The number of hydrogen-bond donors (Lipinski definition) is 0. The third-order valence-electron chi connectivity index (χ3n) is 3.36. The van der Waals surface area contributed by atoms with Crippen LogP contribution in [0.1, 0.15) is 38.7 Å². The largest absolute Gasteiger partial charge is 0.465 e. The average molecular weight is 318 g/mol. The van der Waals surface area contributed by atoms with E-state index in [1.54, 1.807) is 13.8 Å². The van der Waals surface area contributed by atoms with Gasteiger partial charge in [-0.2, -0.15) is 0 Å². The van der Waals surface area contributed by atoms with Crippen molar-refractivity contribution >= 4 is 11.9 Å². The number of benzene rings is 1. The molecule has 0 spiro atoms.